The molecule has 9 heteroatoms. The third-order valence-corrected chi connectivity index (χ3v) is 5.31. The summed E-state index contributed by atoms with van der Waals surface area (Å²) >= 11 is 1.25. The summed E-state index contributed by atoms with van der Waals surface area (Å²) in [5.41, 5.74) is 1.53. The average molecular weight is 444 g/mol. The Bertz CT molecular complexity index is 1020. The third kappa shape index (κ3) is 6.51. The molecule has 0 radical (unpaired) electrons. The first-order valence-electron chi connectivity index (χ1n) is 9.18. The number of nitrogens with zero attached hydrogens (tertiary/aromatic N) is 1. The van der Waals surface area contributed by atoms with Crippen LogP contribution >= 0.6 is 11.8 Å². The van der Waals surface area contributed by atoms with Crippen molar-refractivity contribution >= 4 is 23.4 Å². The highest BCUT2D eigenvalue weighted by atomic mass is 32.2. The minimum absolute atomic E-state index is 0.0165. The van der Waals surface area contributed by atoms with Crippen LogP contribution in [0.5, 0.6) is 5.75 Å². The van der Waals surface area contributed by atoms with Crippen LogP contribution in [-0.4, -0.2) is 23.2 Å². The number of alkyl halides is 2. The standard InChI is InChI=1S/C22H18F2N2O4S/c23-22(24)30-18-10-6-16(7-11-18)21(15-4-2-1-3-5-15)25-20(27)14-31-19-12-8-17(9-13-19)26(28)29/h1-13,21-22H,14H2,(H,25,27). The molecule has 3 aromatic carbocycles. The van der Waals surface area contributed by atoms with Crippen LogP contribution in [0.15, 0.2) is 83.8 Å². The van der Waals surface area contributed by atoms with E-state index in [1.165, 1.54) is 36.0 Å². The van der Waals surface area contributed by atoms with Gasteiger partial charge < -0.3 is 10.1 Å². The smallest absolute Gasteiger partial charge is 0.387 e. The van der Waals surface area contributed by atoms with E-state index in [2.05, 4.69) is 10.1 Å². The summed E-state index contributed by atoms with van der Waals surface area (Å²) < 4.78 is 29.2. The number of halogens is 2. The highest BCUT2D eigenvalue weighted by molar-refractivity contribution is 8.00. The van der Waals surface area contributed by atoms with Gasteiger partial charge in [0.1, 0.15) is 5.75 Å². The molecule has 31 heavy (non-hydrogen) atoms. The van der Waals surface area contributed by atoms with Crippen LogP contribution < -0.4 is 10.1 Å². The van der Waals surface area contributed by atoms with E-state index < -0.39 is 17.6 Å². The molecular formula is C22H18F2N2O4S. The average Bonchev–Trinajstić information content (AvgIpc) is 2.77. The largest absolute Gasteiger partial charge is 0.435 e. The number of nitro groups is 1. The van der Waals surface area contributed by atoms with Crippen LogP contribution in [0.3, 0.4) is 0 Å². The van der Waals surface area contributed by atoms with Crippen molar-refractivity contribution < 1.29 is 23.2 Å². The predicted molar refractivity (Wildman–Crippen MR) is 113 cm³/mol. The van der Waals surface area contributed by atoms with Crippen molar-refractivity contribution in [3.63, 3.8) is 0 Å². The molecule has 0 aromatic heterocycles. The summed E-state index contributed by atoms with van der Waals surface area (Å²) in [5.74, 6) is -0.107. The quantitative estimate of drug-likeness (QED) is 0.279. The van der Waals surface area contributed by atoms with Crippen LogP contribution in [-0.2, 0) is 4.79 Å². The van der Waals surface area contributed by atoms with Crippen molar-refractivity contribution in [2.24, 2.45) is 0 Å². The first kappa shape index (κ1) is 22.2. The molecule has 0 heterocycles. The molecule has 1 N–H and O–H groups in total. The van der Waals surface area contributed by atoms with Gasteiger partial charge in [0.2, 0.25) is 5.91 Å². The Morgan fingerprint density at radius 3 is 2.16 bits per heavy atom. The topological polar surface area (TPSA) is 81.5 Å². The Morgan fingerprint density at radius 2 is 1.58 bits per heavy atom. The lowest BCUT2D eigenvalue weighted by molar-refractivity contribution is -0.384. The van der Waals surface area contributed by atoms with E-state index in [4.69, 9.17) is 0 Å². The Balaban J connectivity index is 1.70. The number of ether oxygens (including phenoxy) is 1. The molecule has 0 saturated heterocycles. The van der Waals surface area contributed by atoms with Gasteiger partial charge in [-0.05, 0) is 35.4 Å². The Morgan fingerprint density at radius 1 is 0.968 bits per heavy atom. The monoisotopic (exact) mass is 444 g/mol. The molecule has 6 nitrogen and oxygen atoms in total. The van der Waals surface area contributed by atoms with Crippen LogP contribution in [0.2, 0.25) is 0 Å². The van der Waals surface area contributed by atoms with E-state index in [0.717, 1.165) is 10.5 Å². The number of non-ortho nitro benzene ring substituents is 1. The Hall–Kier alpha value is -3.46. The van der Waals surface area contributed by atoms with E-state index in [9.17, 15) is 23.7 Å². The lowest BCUT2D eigenvalue weighted by Gasteiger charge is -2.20. The maximum Gasteiger partial charge on any atom is 0.387 e. The highest BCUT2D eigenvalue weighted by Gasteiger charge is 2.17. The molecule has 0 aliphatic heterocycles. The summed E-state index contributed by atoms with van der Waals surface area (Å²) in [5, 5.41) is 13.7. The fourth-order valence-corrected chi connectivity index (χ4v) is 3.57. The second-order valence-electron chi connectivity index (χ2n) is 6.40. The molecule has 0 bridgehead atoms. The number of rotatable bonds is 9. The van der Waals surface area contributed by atoms with Gasteiger partial charge in [-0.2, -0.15) is 8.78 Å². The first-order chi connectivity index (χ1) is 14.9. The third-order valence-electron chi connectivity index (χ3n) is 4.29. The normalized spacial score (nSPS) is 11.7. The van der Waals surface area contributed by atoms with Gasteiger partial charge in [-0.1, -0.05) is 42.5 Å². The van der Waals surface area contributed by atoms with Crippen molar-refractivity contribution in [1.29, 1.82) is 0 Å². The number of hydrogen-bond donors (Lipinski definition) is 1. The summed E-state index contributed by atoms with van der Waals surface area (Å²) in [4.78, 5) is 23.6. The number of nitro benzene ring substituents is 1. The van der Waals surface area contributed by atoms with E-state index in [1.807, 2.05) is 30.3 Å². The van der Waals surface area contributed by atoms with Crippen molar-refractivity contribution in [3.05, 3.63) is 100 Å². The molecule has 0 saturated carbocycles. The molecular weight excluding hydrogens is 426 g/mol. The fourth-order valence-electron chi connectivity index (χ4n) is 2.86. The lowest BCUT2D eigenvalue weighted by Crippen LogP contribution is -2.30. The SMILES string of the molecule is O=C(CSc1ccc([N+](=O)[O-])cc1)NC(c1ccccc1)c1ccc(OC(F)F)cc1. The molecule has 1 atom stereocenters. The maximum atomic E-state index is 12.6. The van der Waals surface area contributed by atoms with Crippen LogP contribution in [0, 0.1) is 10.1 Å². The Labute approximate surface area is 181 Å². The van der Waals surface area contributed by atoms with Crippen LogP contribution in [0.4, 0.5) is 14.5 Å². The molecule has 0 fully saturated rings. The van der Waals surface area contributed by atoms with Gasteiger partial charge in [-0.15, -0.1) is 11.8 Å². The molecule has 3 aromatic rings. The highest BCUT2D eigenvalue weighted by Crippen LogP contribution is 2.26. The molecule has 3 rings (SSSR count). The van der Waals surface area contributed by atoms with Gasteiger partial charge in [0, 0.05) is 17.0 Å². The van der Waals surface area contributed by atoms with Crippen molar-refractivity contribution in [2.75, 3.05) is 5.75 Å². The van der Waals surface area contributed by atoms with Crippen LogP contribution in [0.25, 0.3) is 0 Å². The van der Waals surface area contributed by atoms with Gasteiger partial charge >= 0.3 is 6.61 Å². The molecule has 160 valence electrons. The van der Waals surface area contributed by atoms with E-state index >= 15 is 0 Å². The Kier molecular flexibility index (Phi) is 7.55. The minimum atomic E-state index is -2.91. The molecule has 1 unspecified atom stereocenters. The summed E-state index contributed by atoms with van der Waals surface area (Å²) in [6.07, 6.45) is 0. The minimum Gasteiger partial charge on any atom is -0.435 e. The summed E-state index contributed by atoms with van der Waals surface area (Å²) in [6, 6.07) is 20.8. The maximum absolute atomic E-state index is 12.6. The van der Waals surface area contributed by atoms with Gasteiger partial charge in [0.05, 0.1) is 16.7 Å². The van der Waals surface area contributed by atoms with Crippen molar-refractivity contribution in [3.8, 4) is 5.75 Å². The number of hydrogen-bond acceptors (Lipinski definition) is 5. The lowest BCUT2D eigenvalue weighted by atomic mass is 9.98. The zero-order valence-electron chi connectivity index (χ0n) is 16.1. The number of benzene rings is 3. The number of carbonyl (C=O) groups is 1. The van der Waals surface area contributed by atoms with Gasteiger partial charge in [0.25, 0.3) is 5.69 Å². The summed E-state index contributed by atoms with van der Waals surface area (Å²) in [6.45, 7) is -2.91. The fraction of sp³-hybridized carbons (Fsp3) is 0.136. The second kappa shape index (κ2) is 10.5. The first-order valence-corrected chi connectivity index (χ1v) is 10.2. The zero-order chi connectivity index (χ0) is 22.2. The molecule has 0 aliphatic rings. The van der Waals surface area contributed by atoms with Crippen LogP contribution in [0.1, 0.15) is 17.2 Å². The predicted octanol–water partition coefficient (Wildman–Crippen LogP) is 5.19. The second-order valence-corrected chi connectivity index (χ2v) is 7.45. The van der Waals surface area contributed by atoms with E-state index in [-0.39, 0.29) is 23.1 Å². The number of nitrogens with one attached hydrogen (secondary N) is 1. The number of amides is 1. The van der Waals surface area contributed by atoms with E-state index in [1.54, 1.807) is 24.3 Å². The molecule has 1 amide bonds. The molecule has 0 aliphatic carbocycles. The zero-order valence-corrected chi connectivity index (χ0v) is 16.9. The van der Waals surface area contributed by atoms with Gasteiger partial charge in [-0.25, -0.2) is 0 Å². The van der Waals surface area contributed by atoms with Gasteiger partial charge in [-0.3, -0.25) is 14.9 Å². The van der Waals surface area contributed by atoms with Gasteiger partial charge in [0.15, 0.2) is 0 Å². The van der Waals surface area contributed by atoms with E-state index in [0.29, 0.717) is 5.56 Å². The molecule has 0 spiro atoms. The van der Waals surface area contributed by atoms with Crippen molar-refractivity contribution in [1.82, 2.24) is 5.32 Å². The number of thioether (sulfide) groups is 1. The number of carbonyl (C=O) groups excluding carboxylic acids is 1. The van der Waals surface area contributed by atoms with Crippen molar-refractivity contribution in [2.45, 2.75) is 17.5 Å². The summed E-state index contributed by atoms with van der Waals surface area (Å²) in [7, 11) is 0.